The van der Waals surface area contributed by atoms with Gasteiger partial charge in [0, 0.05) is 0 Å². The lowest BCUT2D eigenvalue weighted by Crippen LogP contribution is -2.28. The van der Waals surface area contributed by atoms with Crippen molar-refractivity contribution in [1.82, 2.24) is 9.97 Å². The molecule has 0 radical (unpaired) electrons. The number of nitrogens with zero attached hydrogens (tertiary/aromatic N) is 2. The van der Waals surface area contributed by atoms with Crippen LogP contribution in [0.1, 0.15) is 13.8 Å². The first kappa shape index (κ1) is 10.7. The van der Waals surface area contributed by atoms with Crippen LogP contribution in [0.15, 0.2) is 12.4 Å². The number of aromatic nitrogens is 2. The zero-order valence-electron chi connectivity index (χ0n) is 8.56. The van der Waals surface area contributed by atoms with Crippen LogP contribution in [-0.4, -0.2) is 34.3 Å². The molecule has 0 spiro atoms. The normalized spacial score (nSPS) is 14.6. The molecule has 1 aromatic heterocycles. The molecule has 0 saturated carbocycles. The molecule has 5 heteroatoms. The number of rotatable bonds is 4. The molecule has 2 N–H and O–H groups in total. The number of ether oxygens (including phenoxy) is 1. The monoisotopic (exact) mass is 197 g/mol. The van der Waals surface area contributed by atoms with Gasteiger partial charge in [-0.05, 0) is 13.8 Å². The largest absolute Gasteiger partial charge is 0.480 e. The Kier molecular flexibility index (Phi) is 3.64. The lowest BCUT2D eigenvalue weighted by Gasteiger charge is -2.16. The number of aliphatic hydroxyl groups is 1. The van der Waals surface area contributed by atoms with Crippen LogP contribution in [0.2, 0.25) is 0 Å². The lowest BCUT2D eigenvalue weighted by molar-refractivity contribution is 0.177. The smallest absolute Gasteiger partial charge is 0.233 e. The van der Waals surface area contributed by atoms with Crippen LogP contribution in [0.4, 0.5) is 5.82 Å². The minimum absolute atomic E-state index is 0.0728. The Morgan fingerprint density at radius 2 is 2.14 bits per heavy atom. The number of anilines is 1. The van der Waals surface area contributed by atoms with Gasteiger partial charge < -0.3 is 15.2 Å². The minimum Gasteiger partial charge on any atom is -0.480 e. The lowest BCUT2D eigenvalue weighted by atomic mass is 10.2. The van der Waals surface area contributed by atoms with Crippen molar-refractivity contribution in [2.24, 2.45) is 0 Å². The topological polar surface area (TPSA) is 67.3 Å². The molecular weight excluding hydrogens is 182 g/mol. The first-order valence-corrected chi connectivity index (χ1v) is 4.44. The second-order valence-corrected chi connectivity index (χ2v) is 3.12. The number of hydrogen-bond donors (Lipinski definition) is 2. The van der Waals surface area contributed by atoms with Gasteiger partial charge in [0.1, 0.15) is 5.82 Å². The molecule has 0 aliphatic carbocycles. The molecule has 78 valence electrons. The van der Waals surface area contributed by atoms with Gasteiger partial charge in [0.25, 0.3) is 0 Å². The van der Waals surface area contributed by atoms with Gasteiger partial charge in [-0.25, -0.2) is 0 Å². The summed E-state index contributed by atoms with van der Waals surface area (Å²) in [6, 6.07) is -0.0728. The third-order valence-corrected chi connectivity index (χ3v) is 1.92. The highest BCUT2D eigenvalue weighted by atomic mass is 16.5. The van der Waals surface area contributed by atoms with Gasteiger partial charge in [0.2, 0.25) is 5.88 Å². The van der Waals surface area contributed by atoms with E-state index in [2.05, 4.69) is 15.3 Å². The highest BCUT2D eigenvalue weighted by Crippen LogP contribution is 2.10. The molecule has 0 fully saturated rings. The maximum Gasteiger partial charge on any atom is 0.233 e. The Morgan fingerprint density at radius 3 is 2.71 bits per heavy atom. The van der Waals surface area contributed by atoms with Gasteiger partial charge >= 0.3 is 0 Å². The van der Waals surface area contributed by atoms with E-state index >= 15 is 0 Å². The van der Waals surface area contributed by atoms with Gasteiger partial charge in [0.05, 0.1) is 31.6 Å². The SMILES string of the molecule is COc1cncc(NC(C)C(C)O)n1. The Balaban J connectivity index is 2.66. The van der Waals surface area contributed by atoms with Crippen molar-refractivity contribution in [3.8, 4) is 5.88 Å². The van der Waals surface area contributed by atoms with Crippen molar-refractivity contribution in [2.75, 3.05) is 12.4 Å². The summed E-state index contributed by atoms with van der Waals surface area (Å²) >= 11 is 0. The Morgan fingerprint density at radius 1 is 1.43 bits per heavy atom. The van der Waals surface area contributed by atoms with E-state index in [4.69, 9.17) is 4.74 Å². The van der Waals surface area contributed by atoms with Gasteiger partial charge in [-0.1, -0.05) is 0 Å². The van der Waals surface area contributed by atoms with Crippen LogP contribution in [0.5, 0.6) is 5.88 Å². The average molecular weight is 197 g/mol. The van der Waals surface area contributed by atoms with Crippen molar-refractivity contribution in [3.05, 3.63) is 12.4 Å². The fraction of sp³-hybridized carbons (Fsp3) is 0.556. The highest BCUT2D eigenvalue weighted by Gasteiger charge is 2.09. The van der Waals surface area contributed by atoms with Crippen molar-refractivity contribution in [2.45, 2.75) is 26.0 Å². The number of hydrogen-bond acceptors (Lipinski definition) is 5. The third-order valence-electron chi connectivity index (χ3n) is 1.92. The molecule has 5 nitrogen and oxygen atoms in total. The summed E-state index contributed by atoms with van der Waals surface area (Å²) in [5.74, 6) is 1.05. The summed E-state index contributed by atoms with van der Waals surface area (Å²) in [6.07, 6.45) is 2.67. The van der Waals surface area contributed by atoms with Crippen LogP contribution in [-0.2, 0) is 0 Å². The summed E-state index contributed by atoms with van der Waals surface area (Å²) in [5.41, 5.74) is 0. The van der Waals surface area contributed by atoms with Gasteiger partial charge in [-0.15, -0.1) is 0 Å². The fourth-order valence-corrected chi connectivity index (χ4v) is 0.870. The molecule has 0 aromatic carbocycles. The number of nitrogens with one attached hydrogen (secondary N) is 1. The molecule has 2 unspecified atom stereocenters. The van der Waals surface area contributed by atoms with Crippen molar-refractivity contribution in [1.29, 1.82) is 0 Å². The van der Waals surface area contributed by atoms with Crippen LogP contribution in [0.25, 0.3) is 0 Å². The van der Waals surface area contributed by atoms with E-state index in [1.807, 2.05) is 6.92 Å². The zero-order chi connectivity index (χ0) is 10.6. The minimum atomic E-state index is -0.442. The summed E-state index contributed by atoms with van der Waals surface area (Å²) < 4.78 is 4.92. The third kappa shape index (κ3) is 2.85. The predicted octanol–water partition coefficient (Wildman–Crippen LogP) is 0.666. The van der Waals surface area contributed by atoms with E-state index in [1.54, 1.807) is 13.1 Å². The molecule has 0 bridgehead atoms. The quantitative estimate of drug-likeness (QED) is 0.742. The summed E-state index contributed by atoms with van der Waals surface area (Å²) in [6.45, 7) is 3.58. The Labute approximate surface area is 83.2 Å². The summed E-state index contributed by atoms with van der Waals surface area (Å²) in [7, 11) is 1.53. The maximum absolute atomic E-state index is 9.27. The first-order valence-electron chi connectivity index (χ1n) is 4.44. The van der Waals surface area contributed by atoms with E-state index < -0.39 is 6.10 Å². The fourth-order valence-electron chi connectivity index (χ4n) is 0.870. The molecule has 0 amide bonds. The molecule has 14 heavy (non-hydrogen) atoms. The number of aliphatic hydroxyl groups excluding tert-OH is 1. The van der Waals surface area contributed by atoms with Gasteiger partial charge in [-0.2, -0.15) is 4.98 Å². The molecule has 0 saturated heterocycles. The van der Waals surface area contributed by atoms with Crippen molar-refractivity contribution >= 4 is 5.82 Å². The zero-order valence-corrected chi connectivity index (χ0v) is 8.56. The molecule has 0 aliphatic rings. The Bertz CT molecular complexity index is 291. The second kappa shape index (κ2) is 4.76. The molecule has 2 atom stereocenters. The van der Waals surface area contributed by atoms with Crippen LogP contribution >= 0.6 is 0 Å². The second-order valence-electron chi connectivity index (χ2n) is 3.12. The van der Waals surface area contributed by atoms with E-state index in [0.717, 1.165) is 0 Å². The highest BCUT2D eigenvalue weighted by molar-refractivity contribution is 5.34. The van der Waals surface area contributed by atoms with Crippen LogP contribution in [0.3, 0.4) is 0 Å². The van der Waals surface area contributed by atoms with Crippen molar-refractivity contribution < 1.29 is 9.84 Å². The molecule has 0 aliphatic heterocycles. The standard InChI is InChI=1S/C9H15N3O2/c1-6(7(2)13)11-8-4-10-5-9(12-8)14-3/h4-7,13H,1-3H3,(H,11,12). The molecular formula is C9H15N3O2. The maximum atomic E-state index is 9.27. The van der Waals surface area contributed by atoms with E-state index in [9.17, 15) is 5.11 Å². The molecule has 1 heterocycles. The van der Waals surface area contributed by atoms with Gasteiger partial charge in [-0.3, -0.25) is 4.98 Å². The molecule has 1 rings (SSSR count). The average Bonchev–Trinajstić information content (AvgIpc) is 2.18. The number of methoxy groups -OCH3 is 1. The van der Waals surface area contributed by atoms with Gasteiger partial charge in [0.15, 0.2) is 0 Å². The Hall–Kier alpha value is -1.36. The van der Waals surface area contributed by atoms with Crippen LogP contribution in [0, 0.1) is 0 Å². The van der Waals surface area contributed by atoms with Crippen molar-refractivity contribution in [3.63, 3.8) is 0 Å². The molecule has 1 aromatic rings. The predicted molar refractivity (Wildman–Crippen MR) is 53.3 cm³/mol. The van der Waals surface area contributed by atoms with E-state index in [-0.39, 0.29) is 6.04 Å². The summed E-state index contributed by atoms with van der Waals surface area (Å²) in [5, 5.41) is 12.3. The van der Waals surface area contributed by atoms with E-state index in [1.165, 1.54) is 13.3 Å². The first-order chi connectivity index (χ1) is 6.63. The summed E-state index contributed by atoms with van der Waals surface area (Å²) in [4.78, 5) is 8.04. The van der Waals surface area contributed by atoms with Crippen LogP contribution < -0.4 is 10.1 Å². The van der Waals surface area contributed by atoms with E-state index in [0.29, 0.717) is 11.7 Å².